The van der Waals surface area contributed by atoms with Crippen LogP contribution in [0.4, 0.5) is 0 Å². The second-order valence-corrected chi connectivity index (χ2v) is 4.16. The highest BCUT2D eigenvalue weighted by molar-refractivity contribution is 14.1. The molecular weight excluding hydrogens is 279 g/mol. The van der Waals surface area contributed by atoms with E-state index < -0.39 is 0 Å². The Morgan fingerprint density at radius 1 is 1.54 bits per heavy atom. The summed E-state index contributed by atoms with van der Waals surface area (Å²) in [4.78, 5) is 0. The van der Waals surface area contributed by atoms with Crippen LogP contribution >= 0.6 is 22.6 Å². The minimum atomic E-state index is -0.283. The van der Waals surface area contributed by atoms with Gasteiger partial charge in [-0.1, -0.05) is 0 Å². The lowest BCUT2D eigenvalue weighted by atomic mass is 10.0. The molecule has 1 aromatic carbocycles. The van der Waals surface area contributed by atoms with Gasteiger partial charge in [-0.2, -0.15) is 0 Å². The molecule has 0 bridgehead atoms. The van der Waals surface area contributed by atoms with Gasteiger partial charge >= 0.3 is 0 Å². The van der Waals surface area contributed by atoms with Crippen LogP contribution in [0.25, 0.3) is 0 Å². The first-order valence-corrected chi connectivity index (χ1v) is 5.08. The zero-order valence-electron chi connectivity index (χ0n) is 7.42. The van der Waals surface area contributed by atoms with Crippen molar-refractivity contribution in [2.75, 3.05) is 6.54 Å². The Morgan fingerprint density at radius 2 is 2.15 bits per heavy atom. The number of rotatable bonds is 2. The Labute approximate surface area is 91.3 Å². The lowest BCUT2D eigenvalue weighted by Crippen LogP contribution is -2.21. The number of hydrogen-bond donors (Lipinski definition) is 3. The van der Waals surface area contributed by atoms with Crippen LogP contribution in [0.2, 0.25) is 0 Å². The zero-order chi connectivity index (χ0) is 10.0. The maximum absolute atomic E-state index is 9.58. The monoisotopic (exact) mass is 292 g/mol. The number of phenolic OH excluding ortho intramolecular Hbond substituents is 1. The van der Waals surface area contributed by atoms with E-state index in [9.17, 15) is 5.11 Å². The van der Waals surface area contributed by atoms with Crippen LogP contribution in [-0.2, 0) is 0 Å². The lowest BCUT2D eigenvalue weighted by Gasteiger charge is -2.12. The molecular formula is C9H13IN2O. The average molecular weight is 292 g/mol. The summed E-state index contributed by atoms with van der Waals surface area (Å²) in [5, 5.41) is 9.58. The first kappa shape index (κ1) is 10.7. The number of aromatic hydroxyl groups is 1. The molecule has 0 aliphatic carbocycles. The van der Waals surface area contributed by atoms with Gasteiger partial charge < -0.3 is 16.6 Å². The van der Waals surface area contributed by atoms with Gasteiger partial charge in [0, 0.05) is 21.7 Å². The fourth-order valence-corrected chi connectivity index (χ4v) is 1.60. The molecule has 4 heteroatoms. The molecule has 0 unspecified atom stereocenters. The van der Waals surface area contributed by atoms with Crippen LogP contribution in [-0.4, -0.2) is 11.7 Å². The van der Waals surface area contributed by atoms with Gasteiger partial charge in [-0.15, -0.1) is 0 Å². The quantitative estimate of drug-likeness (QED) is 0.719. The average Bonchev–Trinajstić information content (AvgIpc) is 2.10. The van der Waals surface area contributed by atoms with Crippen LogP contribution in [0, 0.1) is 10.5 Å². The number of benzene rings is 1. The molecule has 0 aliphatic heterocycles. The van der Waals surface area contributed by atoms with Gasteiger partial charge in [-0.05, 0) is 47.2 Å². The van der Waals surface area contributed by atoms with E-state index in [0.29, 0.717) is 6.54 Å². The Hall–Kier alpha value is -0.330. The van der Waals surface area contributed by atoms with Crippen molar-refractivity contribution < 1.29 is 5.11 Å². The van der Waals surface area contributed by atoms with Crippen LogP contribution in [0.3, 0.4) is 0 Å². The largest absolute Gasteiger partial charge is 0.508 e. The van der Waals surface area contributed by atoms with Crippen LogP contribution in [0.5, 0.6) is 5.75 Å². The molecule has 0 spiro atoms. The summed E-state index contributed by atoms with van der Waals surface area (Å²) in [6, 6.07) is 3.31. The Bertz CT molecular complexity index is 315. The van der Waals surface area contributed by atoms with Gasteiger partial charge in [0.25, 0.3) is 0 Å². The van der Waals surface area contributed by atoms with E-state index in [1.54, 1.807) is 6.07 Å². The minimum absolute atomic E-state index is 0.232. The molecule has 0 amide bonds. The highest BCUT2D eigenvalue weighted by Crippen LogP contribution is 2.26. The topological polar surface area (TPSA) is 72.3 Å². The standard InChI is InChI=1S/C9H13IN2O/c1-5-2-9(13)6(3-7(5)10)8(12)4-11/h2-3,8,13H,4,11-12H2,1H3/t8-/m0/s1. The predicted octanol–water partition coefficient (Wildman–Crippen LogP) is 1.26. The van der Waals surface area contributed by atoms with Gasteiger partial charge in [0.1, 0.15) is 5.75 Å². The zero-order valence-corrected chi connectivity index (χ0v) is 9.58. The van der Waals surface area contributed by atoms with Crippen LogP contribution in [0.1, 0.15) is 17.2 Å². The summed E-state index contributed by atoms with van der Waals surface area (Å²) >= 11 is 2.21. The molecule has 0 fully saturated rings. The van der Waals surface area contributed by atoms with Crippen LogP contribution in [0.15, 0.2) is 12.1 Å². The second kappa shape index (κ2) is 4.26. The first-order chi connectivity index (χ1) is 6.06. The molecule has 0 aromatic heterocycles. The molecule has 0 aliphatic rings. The Kier molecular flexibility index (Phi) is 3.52. The molecule has 3 nitrogen and oxygen atoms in total. The van der Waals surface area contributed by atoms with E-state index in [2.05, 4.69) is 22.6 Å². The third-order valence-corrected chi connectivity index (χ3v) is 3.12. The summed E-state index contributed by atoms with van der Waals surface area (Å²) in [5.41, 5.74) is 12.9. The van der Waals surface area contributed by atoms with Gasteiger partial charge in [-0.25, -0.2) is 0 Å². The molecule has 5 N–H and O–H groups in total. The fraction of sp³-hybridized carbons (Fsp3) is 0.333. The Morgan fingerprint density at radius 3 is 2.69 bits per heavy atom. The van der Waals surface area contributed by atoms with Crippen molar-refractivity contribution in [3.63, 3.8) is 0 Å². The second-order valence-electron chi connectivity index (χ2n) is 3.00. The van der Waals surface area contributed by atoms with E-state index in [-0.39, 0.29) is 11.8 Å². The lowest BCUT2D eigenvalue weighted by molar-refractivity contribution is 0.461. The van der Waals surface area contributed by atoms with Crippen molar-refractivity contribution >= 4 is 22.6 Å². The summed E-state index contributed by atoms with van der Waals surface area (Å²) in [6.45, 7) is 2.28. The number of halogens is 1. The minimum Gasteiger partial charge on any atom is -0.508 e. The summed E-state index contributed by atoms with van der Waals surface area (Å²) in [5.74, 6) is 0.232. The fourth-order valence-electron chi connectivity index (χ4n) is 1.11. The van der Waals surface area contributed by atoms with Gasteiger partial charge in [0.2, 0.25) is 0 Å². The van der Waals surface area contributed by atoms with Crippen LogP contribution < -0.4 is 11.5 Å². The van der Waals surface area contributed by atoms with E-state index >= 15 is 0 Å². The first-order valence-electron chi connectivity index (χ1n) is 4.01. The van der Waals surface area contributed by atoms with Crippen molar-refractivity contribution in [1.29, 1.82) is 0 Å². The van der Waals surface area contributed by atoms with E-state index in [4.69, 9.17) is 11.5 Å². The SMILES string of the molecule is Cc1cc(O)c([C@@H](N)CN)cc1I. The van der Waals surface area contributed by atoms with Crippen molar-refractivity contribution in [3.8, 4) is 5.75 Å². The van der Waals surface area contributed by atoms with Crippen molar-refractivity contribution in [1.82, 2.24) is 0 Å². The predicted molar refractivity (Wildman–Crippen MR) is 61.5 cm³/mol. The van der Waals surface area contributed by atoms with Gasteiger partial charge in [0.05, 0.1) is 0 Å². The van der Waals surface area contributed by atoms with E-state index in [1.807, 2.05) is 13.0 Å². The van der Waals surface area contributed by atoms with Crippen molar-refractivity contribution in [2.45, 2.75) is 13.0 Å². The van der Waals surface area contributed by atoms with E-state index in [0.717, 1.165) is 14.7 Å². The number of aryl methyl sites for hydroxylation is 1. The number of nitrogens with two attached hydrogens (primary N) is 2. The number of hydrogen-bond acceptors (Lipinski definition) is 3. The molecule has 0 saturated heterocycles. The third-order valence-electron chi connectivity index (χ3n) is 1.96. The van der Waals surface area contributed by atoms with Gasteiger partial charge in [0.15, 0.2) is 0 Å². The molecule has 1 rings (SSSR count). The molecule has 0 heterocycles. The maximum atomic E-state index is 9.58. The normalized spacial score (nSPS) is 12.9. The smallest absolute Gasteiger partial charge is 0.120 e. The Balaban J connectivity index is 3.15. The highest BCUT2D eigenvalue weighted by atomic mass is 127. The highest BCUT2D eigenvalue weighted by Gasteiger charge is 2.10. The van der Waals surface area contributed by atoms with Crippen molar-refractivity contribution in [2.24, 2.45) is 11.5 Å². The molecule has 0 radical (unpaired) electrons. The van der Waals surface area contributed by atoms with Crippen molar-refractivity contribution in [3.05, 3.63) is 26.8 Å². The summed E-state index contributed by atoms with van der Waals surface area (Å²) < 4.78 is 1.09. The molecule has 1 aromatic rings. The van der Waals surface area contributed by atoms with E-state index in [1.165, 1.54) is 0 Å². The summed E-state index contributed by atoms with van der Waals surface area (Å²) in [7, 11) is 0. The summed E-state index contributed by atoms with van der Waals surface area (Å²) in [6.07, 6.45) is 0. The maximum Gasteiger partial charge on any atom is 0.120 e. The molecule has 72 valence electrons. The third kappa shape index (κ3) is 2.32. The molecule has 1 atom stereocenters. The molecule has 13 heavy (non-hydrogen) atoms. The molecule has 0 saturated carbocycles. The number of phenols is 1. The van der Waals surface area contributed by atoms with Gasteiger partial charge in [-0.3, -0.25) is 0 Å².